The molecule has 0 radical (unpaired) electrons. The van der Waals surface area contributed by atoms with Crippen molar-refractivity contribution in [2.45, 2.75) is 13.0 Å². The average molecular weight is 280 g/mol. The van der Waals surface area contributed by atoms with Crippen LogP contribution in [0.5, 0.6) is 0 Å². The quantitative estimate of drug-likeness (QED) is 0.864. The van der Waals surface area contributed by atoms with Gasteiger partial charge in [-0.25, -0.2) is 13.2 Å². The Bertz CT molecular complexity index is 629. The van der Waals surface area contributed by atoms with Crippen molar-refractivity contribution < 1.29 is 13.2 Å². The molecule has 0 spiro atoms. The summed E-state index contributed by atoms with van der Waals surface area (Å²) in [6, 6.07) is 7.95. The summed E-state index contributed by atoms with van der Waals surface area (Å²) in [5, 5.41) is 0. The maximum Gasteiger partial charge on any atom is 0.184 e. The van der Waals surface area contributed by atoms with Gasteiger partial charge >= 0.3 is 0 Å². The van der Waals surface area contributed by atoms with Crippen LogP contribution in [0.4, 0.5) is 24.5 Å². The van der Waals surface area contributed by atoms with Crippen LogP contribution < -0.4 is 10.6 Å². The summed E-state index contributed by atoms with van der Waals surface area (Å²) in [7, 11) is 1.55. The zero-order chi connectivity index (χ0) is 14.9. The van der Waals surface area contributed by atoms with E-state index in [1.165, 1.54) is 17.0 Å². The molecule has 0 aliphatic rings. The van der Waals surface area contributed by atoms with Gasteiger partial charge in [-0.15, -0.1) is 0 Å². The SMILES string of the molecule is CC(c1ccccc1F)N(C)c1c(N)ccc(F)c1F. The fourth-order valence-electron chi connectivity index (χ4n) is 2.13. The van der Waals surface area contributed by atoms with Crippen LogP contribution in [-0.4, -0.2) is 7.05 Å². The predicted molar refractivity (Wildman–Crippen MR) is 74.0 cm³/mol. The first kappa shape index (κ1) is 14.2. The molecular formula is C15H15F3N2. The maximum atomic E-state index is 13.9. The molecule has 0 saturated heterocycles. The van der Waals surface area contributed by atoms with E-state index in [1.54, 1.807) is 32.2 Å². The number of benzene rings is 2. The predicted octanol–water partition coefficient (Wildman–Crippen LogP) is 3.88. The van der Waals surface area contributed by atoms with Gasteiger partial charge in [0, 0.05) is 12.6 Å². The normalized spacial score (nSPS) is 12.2. The molecule has 1 unspecified atom stereocenters. The largest absolute Gasteiger partial charge is 0.397 e. The van der Waals surface area contributed by atoms with Crippen LogP contribution >= 0.6 is 0 Å². The highest BCUT2D eigenvalue weighted by Crippen LogP contribution is 2.34. The summed E-state index contributed by atoms with van der Waals surface area (Å²) in [5.74, 6) is -2.42. The molecule has 2 nitrogen and oxygen atoms in total. The first-order valence-electron chi connectivity index (χ1n) is 6.14. The molecule has 0 aliphatic carbocycles. The molecule has 2 aromatic carbocycles. The number of halogens is 3. The number of hydrogen-bond donors (Lipinski definition) is 1. The Hall–Kier alpha value is -2.17. The lowest BCUT2D eigenvalue weighted by atomic mass is 10.1. The fourth-order valence-corrected chi connectivity index (χ4v) is 2.13. The minimum atomic E-state index is -1.03. The summed E-state index contributed by atoms with van der Waals surface area (Å²) < 4.78 is 41.0. The second-order valence-electron chi connectivity index (χ2n) is 4.61. The van der Waals surface area contributed by atoms with E-state index in [1.807, 2.05) is 0 Å². The van der Waals surface area contributed by atoms with Crippen LogP contribution in [0.3, 0.4) is 0 Å². The van der Waals surface area contributed by atoms with Crippen LogP contribution in [-0.2, 0) is 0 Å². The fraction of sp³-hybridized carbons (Fsp3) is 0.200. The Morgan fingerprint density at radius 1 is 1.00 bits per heavy atom. The lowest BCUT2D eigenvalue weighted by molar-refractivity contribution is 0.504. The van der Waals surface area contributed by atoms with Gasteiger partial charge in [-0.2, -0.15) is 0 Å². The van der Waals surface area contributed by atoms with Crippen molar-refractivity contribution in [1.29, 1.82) is 0 Å². The highest BCUT2D eigenvalue weighted by atomic mass is 19.2. The van der Waals surface area contributed by atoms with Gasteiger partial charge in [0.05, 0.1) is 17.4 Å². The third-order valence-electron chi connectivity index (χ3n) is 3.39. The molecule has 0 amide bonds. The Morgan fingerprint density at radius 2 is 1.65 bits per heavy atom. The number of anilines is 2. The van der Waals surface area contributed by atoms with Crippen LogP contribution in [0.2, 0.25) is 0 Å². The number of nitrogens with zero attached hydrogens (tertiary/aromatic N) is 1. The Kier molecular flexibility index (Phi) is 3.88. The molecule has 1 atom stereocenters. The van der Waals surface area contributed by atoms with E-state index in [9.17, 15) is 13.2 Å². The topological polar surface area (TPSA) is 29.3 Å². The van der Waals surface area contributed by atoms with Crippen molar-refractivity contribution in [2.24, 2.45) is 0 Å². The van der Waals surface area contributed by atoms with E-state index in [0.29, 0.717) is 5.56 Å². The standard InChI is InChI=1S/C15H15F3N2/c1-9(10-5-3-4-6-11(10)16)20(2)15-13(19)8-7-12(17)14(15)18/h3-9H,19H2,1-2H3. The number of nitrogens with two attached hydrogens (primary N) is 1. The summed E-state index contributed by atoms with van der Waals surface area (Å²) in [4.78, 5) is 1.42. The molecule has 2 aromatic rings. The average Bonchev–Trinajstić information content (AvgIpc) is 2.43. The van der Waals surface area contributed by atoms with Gasteiger partial charge < -0.3 is 10.6 Å². The summed E-state index contributed by atoms with van der Waals surface area (Å²) in [6.45, 7) is 1.70. The Morgan fingerprint density at radius 3 is 2.30 bits per heavy atom. The van der Waals surface area contributed by atoms with Crippen molar-refractivity contribution in [3.63, 3.8) is 0 Å². The van der Waals surface area contributed by atoms with Gasteiger partial charge in [0.25, 0.3) is 0 Å². The van der Waals surface area contributed by atoms with Crippen LogP contribution in [0.15, 0.2) is 36.4 Å². The van der Waals surface area contributed by atoms with E-state index in [0.717, 1.165) is 6.07 Å². The van der Waals surface area contributed by atoms with E-state index < -0.39 is 23.5 Å². The summed E-state index contributed by atoms with van der Waals surface area (Å²) in [5.41, 5.74) is 6.13. The molecule has 5 heteroatoms. The highest BCUT2D eigenvalue weighted by Gasteiger charge is 2.22. The number of hydrogen-bond acceptors (Lipinski definition) is 2. The number of rotatable bonds is 3. The van der Waals surface area contributed by atoms with Gasteiger partial charge in [0.1, 0.15) is 5.82 Å². The first-order chi connectivity index (χ1) is 9.43. The lowest BCUT2D eigenvalue weighted by Crippen LogP contribution is -2.25. The van der Waals surface area contributed by atoms with Crippen molar-refractivity contribution in [3.05, 3.63) is 59.4 Å². The van der Waals surface area contributed by atoms with Gasteiger partial charge in [-0.3, -0.25) is 0 Å². The summed E-state index contributed by atoms with van der Waals surface area (Å²) >= 11 is 0. The minimum Gasteiger partial charge on any atom is -0.397 e. The zero-order valence-electron chi connectivity index (χ0n) is 11.2. The highest BCUT2D eigenvalue weighted by molar-refractivity contribution is 5.68. The molecule has 0 heterocycles. The van der Waals surface area contributed by atoms with Gasteiger partial charge in [-0.05, 0) is 25.1 Å². The number of nitrogen functional groups attached to an aromatic ring is 1. The third-order valence-corrected chi connectivity index (χ3v) is 3.39. The van der Waals surface area contributed by atoms with Crippen LogP contribution in [0, 0.1) is 17.5 Å². The molecule has 106 valence electrons. The van der Waals surface area contributed by atoms with E-state index in [4.69, 9.17) is 5.73 Å². The van der Waals surface area contributed by atoms with Gasteiger partial charge in [0.15, 0.2) is 11.6 Å². The molecule has 0 aromatic heterocycles. The minimum absolute atomic E-state index is 0.0687. The smallest absolute Gasteiger partial charge is 0.184 e. The van der Waals surface area contributed by atoms with Crippen LogP contribution in [0.25, 0.3) is 0 Å². The summed E-state index contributed by atoms with van der Waals surface area (Å²) in [6.07, 6.45) is 0. The van der Waals surface area contributed by atoms with E-state index in [-0.39, 0.29) is 11.4 Å². The molecule has 0 aliphatic heterocycles. The van der Waals surface area contributed by atoms with Gasteiger partial charge in [-0.1, -0.05) is 18.2 Å². The monoisotopic (exact) mass is 280 g/mol. The first-order valence-corrected chi connectivity index (χ1v) is 6.14. The Balaban J connectivity index is 2.44. The van der Waals surface area contributed by atoms with E-state index >= 15 is 0 Å². The molecular weight excluding hydrogens is 265 g/mol. The molecule has 0 bridgehead atoms. The maximum absolute atomic E-state index is 13.9. The zero-order valence-corrected chi connectivity index (χ0v) is 11.2. The second kappa shape index (κ2) is 5.45. The van der Waals surface area contributed by atoms with Crippen molar-refractivity contribution >= 4 is 11.4 Å². The Labute approximate surface area is 115 Å². The van der Waals surface area contributed by atoms with Crippen LogP contribution in [0.1, 0.15) is 18.5 Å². The van der Waals surface area contributed by atoms with Crippen molar-refractivity contribution in [2.75, 3.05) is 17.7 Å². The molecule has 20 heavy (non-hydrogen) atoms. The lowest BCUT2D eigenvalue weighted by Gasteiger charge is -2.29. The van der Waals surface area contributed by atoms with Crippen molar-refractivity contribution in [3.8, 4) is 0 Å². The second-order valence-corrected chi connectivity index (χ2v) is 4.61. The third kappa shape index (κ3) is 2.43. The molecule has 2 N–H and O–H groups in total. The molecule has 2 rings (SSSR count). The van der Waals surface area contributed by atoms with Crippen molar-refractivity contribution in [1.82, 2.24) is 0 Å². The molecule has 0 fully saturated rings. The van der Waals surface area contributed by atoms with Gasteiger partial charge in [0.2, 0.25) is 0 Å². The van der Waals surface area contributed by atoms with E-state index in [2.05, 4.69) is 0 Å². The molecule has 0 saturated carbocycles.